The van der Waals surface area contributed by atoms with Crippen molar-refractivity contribution in [2.24, 2.45) is 0 Å². The van der Waals surface area contributed by atoms with E-state index in [0.717, 1.165) is 5.56 Å². The van der Waals surface area contributed by atoms with Crippen LogP contribution < -0.4 is 4.74 Å². The first kappa shape index (κ1) is 11.5. The average molecular weight is 263 g/mol. The van der Waals surface area contributed by atoms with Crippen LogP contribution in [-0.4, -0.2) is 18.3 Å². The molecule has 0 heterocycles. The third-order valence-electron chi connectivity index (χ3n) is 1.85. The van der Waals surface area contributed by atoms with E-state index in [1.54, 1.807) is 13.0 Å². The van der Waals surface area contributed by atoms with Gasteiger partial charge in [-0.25, -0.2) is 4.39 Å². The molecule has 2 nitrogen and oxygen atoms in total. The van der Waals surface area contributed by atoms with Crippen molar-refractivity contribution in [1.82, 2.24) is 0 Å². The van der Waals surface area contributed by atoms with Crippen molar-refractivity contribution in [2.75, 3.05) is 7.11 Å². The first-order valence-electron chi connectivity index (χ1n) is 4.25. The fourth-order valence-electron chi connectivity index (χ4n) is 1.27. The van der Waals surface area contributed by atoms with Gasteiger partial charge in [0.1, 0.15) is 11.6 Å². The molecule has 0 amide bonds. The maximum absolute atomic E-state index is 13.1. The number of methoxy groups -OCH3 is 1. The zero-order chi connectivity index (χ0) is 10.7. The van der Waals surface area contributed by atoms with Gasteiger partial charge in [-0.05, 0) is 34.5 Å². The molecule has 4 heteroatoms. The molecule has 14 heavy (non-hydrogen) atoms. The van der Waals surface area contributed by atoms with Crippen LogP contribution in [0.2, 0.25) is 0 Å². The summed E-state index contributed by atoms with van der Waals surface area (Å²) in [5.41, 5.74) is 0.788. The average Bonchev–Trinajstić information content (AvgIpc) is 2.11. The number of benzene rings is 1. The van der Waals surface area contributed by atoms with Crippen molar-refractivity contribution in [2.45, 2.75) is 19.4 Å². The minimum Gasteiger partial charge on any atom is -0.495 e. The monoisotopic (exact) mass is 262 g/mol. The molecule has 0 radical (unpaired) electrons. The zero-order valence-corrected chi connectivity index (χ0v) is 9.64. The van der Waals surface area contributed by atoms with Crippen molar-refractivity contribution in [3.63, 3.8) is 0 Å². The van der Waals surface area contributed by atoms with E-state index in [9.17, 15) is 9.50 Å². The molecular weight excluding hydrogens is 251 g/mol. The molecule has 1 aromatic carbocycles. The third-order valence-corrected chi connectivity index (χ3v) is 2.59. The smallest absolute Gasteiger partial charge is 0.141 e. The second-order valence-electron chi connectivity index (χ2n) is 3.11. The van der Waals surface area contributed by atoms with Crippen LogP contribution >= 0.6 is 15.9 Å². The molecule has 0 spiro atoms. The first-order chi connectivity index (χ1) is 6.56. The second-order valence-corrected chi connectivity index (χ2v) is 3.90. The number of halogens is 2. The molecule has 0 fully saturated rings. The Morgan fingerprint density at radius 2 is 2.21 bits per heavy atom. The second kappa shape index (κ2) is 4.75. The topological polar surface area (TPSA) is 29.5 Å². The molecule has 0 aliphatic rings. The van der Waals surface area contributed by atoms with E-state index < -0.39 is 6.10 Å². The minimum atomic E-state index is -0.471. The molecule has 0 bridgehead atoms. The van der Waals surface area contributed by atoms with Gasteiger partial charge >= 0.3 is 0 Å². The first-order valence-corrected chi connectivity index (χ1v) is 5.04. The SMILES string of the molecule is COc1c(CC(C)O)ccc(F)c1Br. The molecule has 0 aliphatic heterocycles. The van der Waals surface area contributed by atoms with Crippen molar-refractivity contribution >= 4 is 15.9 Å². The van der Waals surface area contributed by atoms with E-state index in [-0.39, 0.29) is 5.82 Å². The molecule has 1 unspecified atom stereocenters. The lowest BCUT2D eigenvalue weighted by molar-refractivity contribution is 0.194. The van der Waals surface area contributed by atoms with E-state index in [2.05, 4.69) is 15.9 Å². The van der Waals surface area contributed by atoms with E-state index in [0.29, 0.717) is 16.6 Å². The van der Waals surface area contributed by atoms with Crippen LogP contribution in [0, 0.1) is 5.82 Å². The zero-order valence-electron chi connectivity index (χ0n) is 8.05. The Kier molecular flexibility index (Phi) is 3.89. The van der Waals surface area contributed by atoms with Crippen LogP contribution in [0.1, 0.15) is 12.5 Å². The molecule has 0 saturated carbocycles. The normalized spacial score (nSPS) is 12.6. The van der Waals surface area contributed by atoms with Gasteiger partial charge in [-0.2, -0.15) is 0 Å². The van der Waals surface area contributed by atoms with Crippen LogP contribution in [0.15, 0.2) is 16.6 Å². The number of hydrogen-bond donors (Lipinski definition) is 1. The predicted molar refractivity (Wildman–Crippen MR) is 56.0 cm³/mol. The summed E-state index contributed by atoms with van der Waals surface area (Å²) in [4.78, 5) is 0. The Morgan fingerprint density at radius 3 is 2.71 bits per heavy atom. The quantitative estimate of drug-likeness (QED) is 0.907. The largest absolute Gasteiger partial charge is 0.495 e. The van der Waals surface area contributed by atoms with E-state index in [4.69, 9.17) is 4.74 Å². The fraction of sp³-hybridized carbons (Fsp3) is 0.400. The lowest BCUT2D eigenvalue weighted by Gasteiger charge is -2.12. The minimum absolute atomic E-state index is 0.304. The summed E-state index contributed by atoms with van der Waals surface area (Å²) in [6.07, 6.45) is -0.0246. The number of rotatable bonds is 3. The van der Waals surface area contributed by atoms with E-state index in [1.165, 1.54) is 13.2 Å². The van der Waals surface area contributed by atoms with Crippen LogP contribution in [0.5, 0.6) is 5.75 Å². The Hall–Kier alpha value is -0.610. The Morgan fingerprint density at radius 1 is 1.57 bits per heavy atom. The number of ether oxygens (including phenoxy) is 1. The van der Waals surface area contributed by atoms with Crippen molar-refractivity contribution in [1.29, 1.82) is 0 Å². The Labute approximate surface area is 90.8 Å². The van der Waals surface area contributed by atoms with Gasteiger partial charge in [0.05, 0.1) is 17.7 Å². The molecule has 78 valence electrons. The molecule has 0 aliphatic carbocycles. The van der Waals surface area contributed by atoms with Gasteiger partial charge in [0.15, 0.2) is 0 Å². The molecule has 1 aromatic rings. The summed E-state index contributed by atoms with van der Waals surface area (Å²) in [7, 11) is 1.48. The van der Waals surface area contributed by atoms with Gasteiger partial charge in [0.25, 0.3) is 0 Å². The highest BCUT2D eigenvalue weighted by molar-refractivity contribution is 9.10. The Bertz CT molecular complexity index is 326. The fourth-order valence-corrected chi connectivity index (χ4v) is 1.82. The van der Waals surface area contributed by atoms with Crippen molar-refractivity contribution in [3.05, 3.63) is 28.0 Å². The maximum atomic E-state index is 13.1. The number of aliphatic hydroxyl groups is 1. The van der Waals surface area contributed by atoms with Gasteiger partial charge in [-0.1, -0.05) is 6.07 Å². The molecule has 0 saturated heterocycles. The van der Waals surface area contributed by atoms with E-state index >= 15 is 0 Å². The number of hydrogen-bond acceptors (Lipinski definition) is 2. The highest BCUT2D eigenvalue weighted by Gasteiger charge is 2.13. The van der Waals surface area contributed by atoms with Gasteiger partial charge < -0.3 is 9.84 Å². The van der Waals surface area contributed by atoms with Crippen LogP contribution in [-0.2, 0) is 6.42 Å². The maximum Gasteiger partial charge on any atom is 0.141 e. The molecule has 1 N–H and O–H groups in total. The summed E-state index contributed by atoms with van der Waals surface area (Å²) < 4.78 is 18.5. The van der Waals surface area contributed by atoms with E-state index in [1.807, 2.05) is 0 Å². The standard InChI is InChI=1S/C10H12BrFO2/c1-6(13)5-7-3-4-8(12)9(11)10(7)14-2/h3-4,6,13H,5H2,1-2H3. The van der Waals surface area contributed by atoms with Crippen molar-refractivity contribution in [3.8, 4) is 5.75 Å². The highest BCUT2D eigenvalue weighted by atomic mass is 79.9. The Balaban J connectivity index is 3.10. The summed E-state index contributed by atoms with van der Waals surface area (Å²) in [6, 6.07) is 2.97. The van der Waals surface area contributed by atoms with Gasteiger partial charge in [0, 0.05) is 6.42 Å². The van der Waals surface area contributed by atoms with Gasteiger partial charge in [-0.3, -0.25) is 0 Å². The summed E-state index contributed by atoms with van der Waals surface area (Å²) in [6.45, 7) is 1.68. The van der Waals surface area contributed by atoms with Gasteiger partial charge in [-0.15, -0.1) is 0 Å². The molecule has 1 rings (SSSR count). The molecular formula is C10H12BrFO2. The predicted octanol–water partition coefficient (Wildman–Crippen LogP) is 2.52. The summed E-state index contributed by atoms with van der Waals surface area (Å²) in [5, 5.41) is 9.22. The molecule has 0 aromatic heterocycles. The lowest BCUT2D eigenvalue weighted by Crippen LogP contribution is -2.06. The summed E-state index contributed by atoms with van der Waals surface area (Å²) >= 11 is 3.10. The van der Waals surface area contributed by atoms with Crippen LogP contribution in [0.4, 0.5) is 4.39 Å². The van der Waals surface area contributed by atoms with Crippen LogP contribution in [0.3, 0.4) is 0 Å². The lowest BCUT2D eigenvalue weighted by atomic mass is 10.1. The summed E-state index contributed by atoms with van der Waals surface area (Å²) in [5.74, 6) is 0.0853. The van der Waals surface area contributed by atoms with Gasteiger partial charge in [0.2, 0.25) is 0 Å². The van der Waals surface area contributed by atoms with Crippen LogP contribution in [0.25, 0.3) is 0 Å². The molecule has 1 atom stereocenters. The third kappa shape index (κ3) is 2.45. The number of aliphatic hydroxyl groups excluding tert-OH is 1. The highest BCUT2D eigenvalue weighted by Crippen LogP contribution is 2.32. The van der Waals surface area contributed by atoms with Crippen molar-refractivity contribution < 1.29 is 14.2 Å².